The summed E-state index contributed by atoms with van der Waals surface area (Å²) in [5, 5.41) is 9.97. The molecule has 0 aliphatic heterocycles. The fourth-order valence-corrected chi connectivity index (χ4v) is 2.39. The van der Waals surface area contributed by atoms with Crippen LogP contribution in [0.5, 0.6) is 11.5 Å². The van der Waals surface area contributed by atoms with Gasteiger partial charge in [-0.05, 0) is 37.1 Å². The topological polar surface area (TPSA) is 46.5 Å². The maximum absolute atomic E-state index is 10.9. The summed E-state index contributed by atoms with van der Waals surface area (Å²) in [6.45, 7) is 3.68. The molecule has 0 aliphatic carbocycles. The van der Waals surface area contributed by atoms with Crippen molar-refractivity contribution in [2.24, 2.45) is 0 Å². The molecule has 0 aliphatic rings. The molecular weight excluding hydrogens is 311 g/mol. The van der Waals surface area contributed by atoms with Gasteiger partial charge in [0.2, 0.25) is 0 Å². The Bertz CT molecular complexity index is 696. The molecule has 2 aromatic rings. The van der Waals surface area contributed by atoms with Crippen LogP contribution >= 0.6 is 23.2 Å². The van der Waals surface area contributed by atoms with Gasteiger partial charge in [-0.3, -0.25) is 4.79 Å². The van der Waals surface area contributed by atoms with Crippen LogP contribution in [0, 0.1) is 13.8 Å². The van der Waals surface area contributed by atoms with Gasteiger partial charge in [0.1, 0.15) is 11.5 Å². The number of halogens is 2. The Kier molecular flexibility index (Phi) is 4.76. The lowest BCUT2D eigenvalue weighted by Gasteiger charge is -2.14. The lowest BCUT2D eigenvalue weighted by Crippen LogP contribution is -2.02. The van der Waals surface area contributed by atoms with Crippen molar-refractivity contribution in [1.82, 2.24) is 0 Å². The Balaban J connectivity index is 2.42. The predicted octanol–water partition coefficient (Wildman–Crippen LogP) is 5.03. The number of carboxylic acid groups (broad SMARTS) is 1. The van der Waals surface area contributed by atoms with Crippen molar-refractivity contribution in [3.8, 4) is 11.5 Å². The van der Waals surface area contributed by atoms with Crippen LogP contribution in [-0.4, -0.2) is 11.1 Å². The Hall–Kier alpha value is -1.71. The van der Waals surface area contributed by atoms with E-state index >= 15 is 0 Å². The smallest absolute Gasteiger partial charge is 0.307 e. The minimum Gasteiger partial charge on any atom is -0.481 e. The van der Waals surface area contributed by atoms with Gasteiger partial charge in [0.15, 0.2) is 0 Å². The van der Waals surface area contributed by atoms with E-state index in [0.717, 1.165) is 11.1 Å². The molecule has 3 nitrogen and oxygen atoms in total. The van der Waals surface area contributed by atoms with Gasteiger partial charge in [-0.25, -0.2) is 0 Å². The Labute approximate surface area is 133 Å². The molecule has 0 saturated heterocycles. The first-order valence-electron chi connectivity index (χ1n) is 6.33. The standard InChI is InChI=1S/C16H14Cl2O3/c1-9-7-13(16(18)10(2)15(9)17)21-12-6-4-3-5-11(12)8-14(19)20/h3-7H,8H2,1-2H3,(H,19,20). The maximum atomic E-state index is 10.9. The molecule has 1 N–H and O–H groups in total. The van der Waals surface area contributed by atoms with E-state index in [1.165, 1.54) is 0 Å². The fourth-order valence-electron chi connectivity index (χ4n) is 2.01. The van der Waals surface area contributed by atoms with Crippen molar-refractivity contribution < 1.29 is 14.6 Å². The highest BCUT2D eigenvalue weighted by molar-refractivity contribution is 6.37. The third-order valence-electron chi connectivity index (χ3n) is 3.10. The molecule has 0 radical (unpaired) electrons. The molecule has 0 fully saturated rings. The molecule has 5 heteroatoms. The third-order valence-corrected chi connectivity index (χ3v) is 4.15. The monoisotopic (exact) mass is 324 g/mol. The summed E-state index contributed by atoms with van der Waals surface area (Å²) < 4.78 is 5.80. The first kappa shape index (κ1) is 15.7. The van der Waals surface area contributed by atoms with Crippen molar-refractivity contribution in [3.05, 3.63) is 57.1 Å². The number of para-hydroxylation sites is 1. The van der Waals surface area contributed by atoms with Crippen molar-refractivity contribution in [1.29, 1.82) is 0 Å². The summed E-state index contributed by atoms with van der Waals surface area (Å²) in [4.78, 5) is 10.9. The van der Waals surface area contributed by atoms with Crippen LogP contribution in [0.2, 0.25) is 10.0 Å². The molecule has 0 saturated carbocycles. The number of carboxylic acids is 1. The third kappa shape index (κ3) is 3.49. The first-order chi connectivity index (χ1) is 9.90. The zero-order valence-corrected chi connectivity index (χ0v) is 13.1. The van der Waals surface area contributed by atoms with E-state index in [1.54, 1.807) is 30.3 Å². The van der Waals surface area contributed by atoms with Gasteiger partial charge in [0, 0.05) is 10.6 Å². The number of hydrogen-bond acceptors (Lipinski definition) is 2. The van der Waals surface area contributed by atoms with Crippen LogP contribution in [0.15, 0.2) is 30.3 Å². The van der Waals surface area contributed by atoms with Gasteiger partial charge < -0.3 is 9.84 Å². The lowest BCUT2D eigenvalue weighted by atomic mass is 10.1. The first-order valence-corrected chi connectivity index (χ1v) is 7.08. The summed E-state index contributed by atoms with van der Waals surface area (Å²) in [7, 11) is 0. The van der Waals surface area contributed by atoms with E-state index in [-0.39, 0.29) is 6.42 Å². The molecule has 2 rings (SSSR count). The summed E-state index contributed by atoms with van der Waals surface area (Å²) in [5.74, 6) is 0.0254. The molecule has 0 bridgehead atoms. The van der Waals surface area contributed by atoms with Crippen molar-refractivity contribution >= 4 is 29.2 Å². The Morgan fingerprint density at radius 3 is 2.48 bits per heavy atom. The quantitative estimate of drug-likeness (QED) is 0.857. The molecule has 0 amide bonds. The highest BCUT2D eigenvalue weighted by Gasteiger charge is 2.14. The second kappa shape index (κ2) is 6.37. The predicted molar refractivity (Wildman–Crippen MR) is 83.8 cm³/mol. The number of rotatable bonds is 4. The molecule has 0 unspecified atom stereocenters. The number of benzene rings is 2. The van der Waals surface area contributed by atoms with Gasteiger partial charge in [0.25, 0.3) is 0 Å². The molecule has 0 heterocycles. The summed E-state index contributed by atoms with van der Waals surface area (Å²) in [6.07, 6.45) is -0.112. The van der Waals surface area contributed by atoms with Gasteiger partial charge in [0.05, 0.1) is 11.4 Å². The molecule has 0 spiro atoms. The van der Waals surface area contributed by atoms with Crippen LogP contribution < -0.4 is 4.74 Å². The van der Waals surface area contributed by atoms with Gasteiger partial charge in [-0.2, -0.15) is 0 Å². The minimum atomic E-state index is -0.916. The van der Waals surface area contributed by atoms with Crippen LogP contribution in [0.4, 0.5) is 0 Å². The Morgan fingerprint density at radius 1 is 1.14 bits per heavy atom. The van der Waals surface area contributed by atoms with Gasteiger partial charge >= 0.3 is 5.97 Å². The summed E-state index contributed by atoms with van der Waals surface area (Å²) in [5.41, 5.74) is 2.18. The van der Waals surface area contributed by atoms with Gasteiger partial charge in [-0.15, -0.1) is 0 Å². The average Bonchev–Trinajstić information content (AvgIpc) is 2.44. The van der Waals surface area contributed by atoms with Crippen LogP contribution in [0.1, 0.15) is 16.7 Å². The largest absolute Gasteiger partial charge is 0.481 e. The number of aliphatic carboxylic acids is 1. The van der Waals surface area contributed by atoms with Crippen molar-refractivity contribution in [2.45, 2.75) is 20.3 Å². The number of ether oxygens (including phenoxy) is 1. The normalized spacial score (nSPS) is 10.5. The second-order valence-corrected chi connectivity index (χ2v) is 5.48. The molecular formula is C16H14Cl2O3. The minimum absolute atomic E-state index is 0.112. The summed E-state index contributed by atoms with van der Waals surface area (Å²) in [6, 6.07) is 8.73. The van der Waals surface area contributed by atoms with E-state index in [4.69, 9.17) is 33.0 Å². The van der Waals surface area contributed by atoms with Gasteiger partial charge in [-0.1, -0.05) is 41.4 Å². The fraction of sp³-hybridized carbons (Fsp3) is 0.188. The van der Waals surface area contributed by atoms with Crippen LogP contribution in [-0.2, 0) is 11.2 Å². The number of hydrogen-bond donors (Lipinski definition) is 1. The maximum Gasteiger partial charge on any atom is 0.307 e. The number of carbonyl (C=O) groups is 1. The second-order valence-electron chi connectivity index (χ2n) is 4.72. The average molecular weight is 325 g/mol. The van der Waals surface area contributed by atoms with E-state index in [9.17, 15) is 4.79 Å². The zero-order valence-electron chi connectivity index (χ0n) is 11.6. The van der Waals surface area contributed by atoms with E-state index in [1.807, 2.05) is 13.8 Å². The van der Waals surface area contributed by atoms with E-state index < -0.39 is 5.97 Å². The molecule has 0 aromatic heterocycles. The van der Waals surface area contributed by atoms with E-state index in [0.29, 0.717) is 27.1 Å². The Morgan fingerprint density at radius 2 is 1.81 bits per heavy atom. The van der Waals surface area contributed by atoms with E-state index in [2.05, 4.69) is 0 Å². The van der Waals surface area contributed by atoms with Crippen molar-refractivity contribution in [3.63, 3.8) is 0 Å². The zero-order chi connectivity index (χ0) is 15.6. The highest BCUT2D eigenvalue weighted by atomic mass is 35.5. The number of aryl methyl sites for hydroxylation is 1. The summed E-state index contributed by atoms with van der Waals surface area (Å²) >= 11 is 12.4. The molecule has 2 aromatic carbocycles. The lowest BCUT2D eigenvalue weighted by molar-refractivity contribution is -0.136. The highest BCUT2D eigenvalue weighted by Crippen LogP contribution is 2.38. The SMILES string of the molecule is Cc1cc(Oc2ccccc2CC(=O)O)c(Cl)c(C)c1Cl. The molecule has 110 valence electrons. The van der Waals surface area contributed by atoms with Crippen molar-refractivity contribution in [2.75, 3.05) is 0 Å². The van der Waals surface area contributed by atoms with Crippen LogP contribution in [0.25, 0.3) is 0 Å². The van der Waals surface area contributed by atoms with Crippen LogP contribution in [0.3, 0.4) is 0 Å². The molecule has 21 heavy (non-hydrogen) atoms. The molecule has 0 atom stereocenters.